The number of halogens is 1. The van der Waals surface area contributed by atoms with Gasteiger partial charge in [-0.3, -0.25) is 0 Å². The van der Waals surface area contributed by atoms with Gasteiger partial charge in [-0.15, -0.1) is 11.3 Å². The standard InChI is InChI=1S/C27H29ClN4O3S/c1-34-21-7-8-24(23(28)13-21)35-15-20(33)14-32(19-9-11-29-12-10-19)26-25-22(18-5-3-2-4-6-18)16-36-27(25)31-17-30-26/h2-8,13,16-17,19-20,29,33H,9-12,14-15H2,1H3. The van der Waals surface area contributed by atoms with Gasteiger partial charge in [0.05, 0.1) is 17.5 Å². The molecular formula is C27H29ClN4O3S. The summed E-state index contributed by atoms with van der Waals surface area (Å²) in [6.45, 7) is 2.35. The van der Waals surface area contributed by atoms with E-state index in [2.05, 4.69) is 32.7 Å². The van der Waals surface area contributed by atoms with E-state index in [1.807, 2.05) is 18.2 Å². The zero-order valence-corrected chi connectivity index (χ0v) is 21.6. The Morgan fingerprint density at radius 1 is 1.17 bits per heavy atom. The van der Waals surface area contributed by atoms with Gasteiger partial charge in [-0.1, -0.05) is 41.9 Å². The molecule has 36 heavy (non-hydrogen) atoms. The van der Waals surface area contributed by atoms with E-state index in [9.17, 15) is 5.11 Å². The van der Waals surface area contributed by atoms with Crippen LogP contribution in [0, 0.1) is 0 Å². The summed E-state index contributed by atoms with van der Waals surface area (Å²) in [6.07, 6.45) is 2.81. The van der Waals surface area contributed by atoms with Gasteiger partial charge in [0.15, 0.2) is 0 Å². The van der Waals surface area contributed by atoms with Crippen molar-refractivity contribution in [3.05, 3.63) is 65.3 Å². The Kier molecular flexibility index (Phi) is 7.87. The summed E-state index contributed by atoms with van der Waals surface area (Å²) in [7, 11) is 1.59. The van der Waals surface area contributed by atoms with E-state index in [1.165, 1.54) is 0 Å². The first kappa shape index (κ1) is 24.8. The number of thiophene rings is 1. The van der Waals surface area contributed by atoms with Gasteiger partial charge in [0, 0.05) is 29.6 Å². The molecule has 0 bridgehead atoms. The molecule has 0 aliphatic carbocycles. The number of hydrogen-bond acceptors (Lipinski definition) is 8. The molecule has 0 spiro atoms. The van der Waals surface area contributed by atoms with Gasteiger partial charge in [-0.25, -0.2) is 9.97 Å². The fourth-order valence-corrected chi connectivity index (χ4v) is 5.76. The number of rotatable bonds is 9. The van der Waals surface area contributed by atoms with Gasteiger partial charge in [0.25, 0.3) is 0 Å². The van der Waals surface area contributed by atoms with Crippen molar-refractivity contribution in [2.45, 2.75) is 25.0 Å². The lowest BCUT2D eigenvalue weighted by Gasteiger charge is -2.37. The Bertz CT molecular complexity index is 1300. The number of ether oxygens (including phenoxy) is 2. The third-order valence-corrected chi connectivity index (χ3v) is 7.62. The molecule has 3 heterocycles. The molecule has 4 aromatic rings. The molecule has 9 heteroatoms. The van der Waals surface area contributed by atoms with E-state index in [-0.39, 0.29) is 12.6 Å². The highest BCUT2D eigenvalue weighted by molar-refractivity contribution is 7.17. The van der Waals surface area contributed by atoms with Crippen LogP contribution >= 0.6 is 22.9 Å². The molecule has 1 atom stereocenters. The van der Waals surface area contributed by atoms with Crippen molar-refractivity contribution < 1.29 is 14.6 Å². The van der Waals surface area contributed by atoms with Crippen molar-refractivity contribution >= 4 is 39.0 Å². The monoisotopic (exact) mass is 524 g/mol. The summed E-state index contributed by atoms with van der Waals surface area (Å²) in [6, 6.07) is 15.8. The Morgan fingerprint density at radius 3 is 2.72 bits per heavy atom. The summed E-state index contributed by atoms with van der Waals surface area (Å²) < 4.78 is 11.1. The molecule has 0 amide bonds. The molecule has 2 aromatic heterocycles. The van der Waals surface area contributed by atoms with Crippen LogP contribution in [0.15, 0.2) is 60.2 Å². The predicted octanol–water partition coefficient (Wildman–Crippen LogP) is 5.02. The summed E-state index contributed by atoms with van der Waals surface area (Å²) in [5.74, 6) is 2.02. The van der Waals surface area contributed by atoms with Crippen molar-refractivity contribution in [2.24, 2.45) is 0 Å². The molecule has 2 N–H and O–H groups in total. The van der Waals surface area contributed by atoms with Crippen molar-refractivity contribution in [3.63, 3.8) is 0 Å². The molecule has 2 aromatic carbocycles. The van der Waals surface area contributed by atoms with E-state index in [1.54, 1.807) is 43.0 Å². The molecule has 7 nitrogen and oxygen atoms in total. The van der Waals surface area contributed by atoms with Crippen LogP contribution in [0.3, 0.4) is 0 Å². The third-order valence-electron chi connectivity index (χ3n) is 6.43. The number of aromatic nitrogens is 2. The Balaban J connectivity index is 1.43. The van der Waals surface area contributed by atoms with Crippen molar-refractivity contribution in [1.82, 2.24) is 15.3 Å². The maximum atomic E-state index is 11.1. The molecule has 0 radical (unpaired) electrons. The van der Waals surface area contributed by atoms with Crippen LogP contribution in [-0.4, -0.2) is 60.6 Å². The molecular weight excluding hydrogens is 496 g/mol. The van der Waals surface area contributed by atoms with Gasteiger partial charge in [0.2, 0.25) is 0 Å². The number of nitrogens with one attached hydrogen (secondary N) is 1. The van der Waals surface area contributed by atoms with E-state index < -0.39 is 6.10 Å². The predicted molar refractivity (Wildman–Crippen MR) is 146 cm³/mol. The molecule has 1 unspecified atom stereocenters. The van der Waals surface area contributed by atoms with Gasteiger partial charge < -0.3 is 24.8 Å². The summed E-state index contributed by atoms with van der Waals surface area (Å²) in [4.78, 5) is 12.5. The number of nitrogens with zero attached hydrogens (tertiary/aromatic N) is 3. The number of aliphatic hydroxyl groups is 1. The zero-order chi connectivity index (χ0) is 24.9. The highest BCUT2D eigenvalue weighted by Crippen LogP contribution is 2.39. The summed E-state index contributed by atoms with van der Waals surface area (Å²) >= 11 is 7.94. The highest BCUT2D eigenvalue weighted by Gasteiger charge is 2.28. The molecule has 5 rings (SSSR count). The molecule has 1 saturated heterocycles. The molecule has 1 fully saturated rings. The normalized spacial score (nSPS) is 15.1. The quantitative estimate of drug-likeness (QED) is 0.318. The van der Waals surface area contributed by atoms with Crippen LogP contribution in [0.2, 0.25) is 5.02 Å². The van der Waals surface area contributed by atoms with Crippen LogP contribution in [0.4, 0.5) is 5.82 Å². The first-order valence-corrected chi connectivity index (χ1v) is 13.3. The van der Waals surface area contributed by atoms with E-state index >= 15 is 0 Å². The van der Waals surface area contributed by atoms with Crippen LogP contribution < -0.4 is 19.7 Å². The minimum absolute atomic E-state index is 0.108. The maximum absolute atomic E-state index is 11.1. The van der Waals surface area contributed by atoms with E-state index in [4.69, 9.17) is 26.1 Å². The maximum Gasteiger partial charge on any atom is 0.141 e. The van der Waals surface area contributed by atoms with Crippen molar-refractivity contribution in [1.29, 1.82) is 0 Å². The Labute approximate surface area is 219 Å². The fourth-order valence-electron chi connectivity index (χ4n) is 4.63. The number of anilines is 1. The molecule has 0 saturated carbocycles. The number of methoxy groups -OCH3 is 1. The topological polar surface area (TPSA) is 79.7 Å². The second kappa shape index (κ2) is 11.4. The van der Waals surface area contributed by atoms with E-state index in [0.29, 0.717) is 23.1 Å². The second-order valence-corrected chi connectivity index (χ2v) is 10.1. The number of fused-ring (bicyclic) bond motifs is 1. The van der Waals surface area contributed by atoms with Crippen LogP contribution in [-0.2, 0) is 0 Å². The van der Waals surface area contributed by atoms with Crippen LogP contribution in [0.5, 0.6) is 11.5 Å². The van der Waals surface area contributed by atoms with Crippen molar-refractivity contribution in [3.8, 4) is 22.6 Å². The zero-order valence-electron chi connectivity index (χ0n) is 20.1. The lowest BCUT2D eigenvalue weighted by Crippen LogP contribution is -2.47. The fraction of sp³-hybridized carbons (Fsp3) is 0.333. The number of piperidine rings is 1. The largest absolute Gasteiger partial charge is 0.497 e. The van der Waals surface area contributed by atoms with Gasteiger partial charge in [-0.05, 0) is 43.6 Å². The first-order valence-electron chi connectivity index (χ1n) is 12.0. The first-order chi connectivity index (χ1) is 17.6. The van der Waals surface area contributed by atoms with Gasteiger partial charge in [0.1, 0.15) is 41.2 Å². The Morgan fingerprint density at radius 2 is 1.97 bits per heavy atom. The highest BCUT2D eigenvalue weighted by atomic mass is 35.5. The number of aliphatic hydroxyl groups excluding tert-OH is 1. The smallest absolute Gasteiger partial charge is 0.141 e. The molecule has 1 aliphatic heterocycles. The van der Waals surface area contributed by atoms with Gasteiger partial charge >= 0.3 is 0 Å². The van der Waals surface area contributed by atoms with E-state index in [0.717, 1.165) is 53.1 Å². The average Bonchev–Trinajstić information content (AvgIpc) is 3.36. The van der Waals surface area contributed by atoms with Crippen molar-refractivity contribution in [2.75, 3.05) is 38.3 Å². The minimum Gasteiger partial charge on any atom is -0.497 e. The average molecular weight is 525 g/mol. The van der Waals surface area contributed by atoms with Crippen LogP contribution in [0.25, 0.3) is 21.3 Å². The lowest BCUT2D eigenvalue weighted by atomic mass is 10.0. The molecule has 188 valence electrons. The number of hydrogen-bond donors (Lipinski definition) is 2. The third kappa shape index (κ3) is 5.42. The second-order valence-electron chi connectivity index (χ2n) is 8.79. The minimum atomic E-state index is -0.748. The molecule has 1 aliphatic rings. The van der Waals surface area contributed by atoms with Gasteiger partial charge in [-0.2, -0.15) is 0 Å². The summed E-state index contributed by atoms with van der Waals surface area (Å²) in [5, 5.41) is 18.1. The summed E-state index contributed by atoms with van der Waals surface area (Å²) in [5.41, 5.74) is 2.24. The lowest BCUT2D eigenvalue weighted by molar-refractivity contribution is 0.109. The SMILES string of the molecule is COc1ccc(OCC(O)CN(c2ncnc3scc(-c4ccccc4)c23)C2CCNCC2)c(Cl)c1. The van der Waals surface area contributed by atoms with Crippen LogP contribution in [0.1, 0.15) is 12.8 Å². The number of benzene rings is 2. The Hall–Kier alpha value is -2.91.